The molecule has 0 bridgehead atoms. The molecule has 9 heteroatoms. The number of likely N-dealkylation sites (N-methyl/N-ethyl adjacent to an activating group) is 1. The number of anilines is 1. The Kier molecular flexibility index (Phi) is 3.72. The SMILES string of the molecule is CN1CCN(c2cnn(C3CCN(Cc4cnn(C)n4)C3)c2)C1=O. The van der Waals surface area contributed by atoms with Crippen molar-refractivity contribution in [1.29, 1.82) is 0 Å². The van der Waals surface area contributed by atoms with Crippen molar-refractivity contribution in [3.8, 4) is 0 Å². The number of hydrogen-bond donors (Lipinski definition) is 0. The van der Waals surface area contributed by atoms with E-state index in [-0.39, 0.29) is 6.03 Å². The largest absolute Gasteiger partial charge is 0.326 e. The second-order valence-electron chi connectivity index (χ2n) is 6.54. The average molecular weight is 330 g/mol. The van der Waals surface area contributed by atoms with Crippen molar-refractivity contribution in [3.05, 3.63) is 24.3 Å². The molecule has 0 spiro atoms. The summed E-state index contributed by atoms with van der Waals surface area (Å²) in [4.78, 5) is 19.6. The van der Waals surface area contributed by atoms with E-state index in [4.69, 9.17) is 0 Å². The first-order valence-corrected chi connectivity index (χ1v) is 8.24. The number of likely N-dealkylation sites (tertiary alicyclic amines) is 1. The Morgan fingerprint density at radius 1 is 1.17 bits per heavy atom. The number of nitrogens with zero attached hydrogens (tertiary/aromatic N) is 8. The maximum Gasteiger partial charge on any atom is 0.324 e. The van der Waals surface area contributed by atoms with Crippen molar-refractivity contribution in [1.82, 2.24) is 34.6 Å². The number of hydrogen-bond acceptors (Lipinski definition) is 5. The van der Waals surface area contributed by atoms with Crippen LogP contribution >= 0.6 is 0 Å². The topological polar surface area (TPSA) is 75.3 Å². The van der Waals surface area contributed by atoms with E-state index in [0.29, 0.717) is 6.04 Å². The molecule has 4 heterocycles. The van der Waals surface area contributed by atoms with Gasteiger partial charge < -0.3 is 4.90 Å². The highest BCUT2D eigenvalue weighted by Crippen LogP contribution is 2.25. The molecule has 2 aromatic heterocycles. The Hall–Kier alpha value is -2.42. The number of carbonyl (C=O) groups excluding carboxylic acids is 1. The summed E-state index contributed by atoms with van der Waals surface area (Å²) in [5.41, 5.74) is 1.88. The quantitative estimate of drug-likeness (QED) is 0.808. The van der Waals surface area contributed by atoms with Gasteiger partial charge in [0.25, 0.3) is 0 Å². The summed E-state index contributed by atoms with van der Waals surface area (Å²) in [6.07, 6.45) is 6.65. The molecule has 1 unspecified atom stereocenters. The molecule has 0 N–H and O–H groups in total. The number of amides is 2. The van der Waals surface area contributed by atoms with Gasteiger partial charge in [0.1, 0.15) is 0 Å². The van der Waals surface area contributed by atoms with Crippen LogP contribution < -0.4 is 4.90 Å². The van der Waals surface area contributed by atoms with E-state index in [0.717, 1.165) is 50.5 Å². The minimum atomic E-state index is 0.0465. The fourth-order valence-corrected chi connectivity index (χ4v) is 3.41. The minimum Gasteiger partial charge on any atom is -0.326 e. The summed E-state index contributed by atoms with van der Waals surface area (Å²) in [6.45, 7) is 4.26. The van der Waals surface area contributed by atoms with E-state index in [1.807, 2.05) is 31.2 Å². The third-order valence-corrected chi connectivity index (χ3v) is 4.77. The van der Waals surface area contributed by atoms with Gasteiger partial charge in [0, 0.05) is 53.0 Å². The highest BCUT2D eigenvalue weighted by molar-refractivity contribution is 5.93. The molecule has 24 heavy (non-hydrogen) atoms. The van der Waals surface area contributed by atoms with E-state index < -0.39 is 0 Å². The lowest BCUT2D eigenvalue weighted by Gasteiger charge is -2.15. The van der Waals surface area contributed by atoms with Crippen molar-refractivity contribution >= 4 is 11.7 Å². The molecule has 2 amide bonds. The molecule has 1 atom stereocenters. The van der Waals surface area contributed by atoms with Crippen molar-refractivity contribution in [3.63, 3.8) is 0 Å². The third kappa shape index (κ3) is 2.75. The van der Waals surface area contributed by atoms with Crippen LogP contribution in [0.15, 0.2) is 18.6 Å². The van der Waals surface area contributed by atoms with Crippen molar-refractivity contribution in [2.45, 2.75) is 19.0 Å². The molecular formula is C15H22N8O. The van der Waals surface area contributed by atoms with Crippen LogP contribution in [0.4, 0.5) is 10.5 Å². The van der Waals surface area contributed by atoms with Gasteiger partial charge in [0.15, 0.2) is 0 Å². The Morgan fingerprint density at radius 2 is 2.04 bits per heavy atom. The lowest BCUT2D eigenvalue weighted by molar-refractivity contribution is 0.229. The predicted octanol–water partition coefficient (Wildman–Crippen LogP) is 0.330. The zero-order chi connectivity index (χ0) is 16.7. The number of urea groups is 1. The van der Waals surface area contributed by atoms with Gasteiger partial charge in [-0.2, -0.15) is 20.1 Å². The van der Waals surface area contributed by atoms with Crippen molar-refractivity contribution < 1.29 is 4.79 Å². The summed E-state index contributed by atoms with van der Waals surface area (Å²) in [5.74, 6) is 0. The van der Waals surface area contributed by atoms with Gasteiger partial charge in [-0.15, -0.1) is 0 Å². The fourth-order valence-electron chi connectivity index (χ4n) is 3.41. The van der Waals surface area contributed by atoms with Gasteiger partial charge in [0.05, 0.1) is 29.8 Å². The van der Waals surface area contributed by atoms with Crippen LogP contribution in [0, 0.1) is 0 Å². The molecule has 2 aromatic rings. The summed E-state index contributed by atoms with van der Waals surface area (Å²) < 4.78 is 2.00. The maximum atomic E-state index is 12.1. The number of aryl methyl sites for hydroxylation is 1. The Bertz CT molecular complexity index is 737. The third-order valence-electron chi connectivity index (χ3n) is 4.77. The molecule has 2 aliphatic heterocycles. The molecule has 128 valence electrons. The second kappa shape index (κ2) is 5.90. The standard InChI is InChI=1S/C15H22N8O/c1-19-5-6-22(15(19)24)14-8-17-23(11-14)13-3-4-21(10-13)9-12-7-16-20(2)18-12/h7-8,11,13H,3-6,9-10H2,1-2H3. The smallest absolute Gasteiger partial charge is 0.324 e. The zero-order valence-corrected chi connectivity index (χ0v) is 14.0. The minimum absolute atomic E-state index is 0.0465. The Balaban J connectivity index is 1.40. The van der Waals surface area contributed by atoms with Crippen LogP contribution in [-0.2, 0) is 13.6 Å². The molecular weight excluding hydrogens is 308 g/mol. The zero-order valence-electron chi connectivity index (χ0n) is 14.0. The van der Waals surface area contributed by atoms with E-state index >= 15 is 0 Å². The highest BCUT2D eigenvalue weighted by atomic mass is 16.2. The Morgan fingerprint density at radius 3 is 2.75 bits per heavy atom. The first kappa shape index (κ1) is 15.1. The van der Waals surface area contributed by atoms with Crippen LogP contribution in [0.5, 0.6) is 0 Å². The van der Waals surface area contributed by atoms with E-state index in [1.165, 1.54) is 0 Å². The first-order chi connectivity index (χ1) is 11.6. The average Bonchev–Trinajstić information content (AvgIpc) is 3.31. The second-order valence-corrected chi connectivity index (χ2v) is 6.54. The van der Waals surface area contributed by atoms with Gasteiger partial charge in [0.2, 0.25) is 0 Å². The molecule has 0 radical (unpaired) electrons. The summed E-state index contributed by atoms with van der Waals surface area (Å²) >= 11 is 0. The molecule has 9 nitrogen and oxygen atoms in total. The molecule has 2 fully saturated rings. The highest BCUT2D eigenvalue weighted by Gasteiger charge is 2.29. The first-order valence-electron chi connectivity index (χ1n) is 8.24. The van der Waals surface area contributed by atoms with Crippen molar-refractivity contribution in [2.24, 2.45) is 7.05 Å². The molecule has 0 aliphatic carbocycles. The summed E-state index contributed by atoms with van der Waals surface area (Å²) in [6, 6.07) is 0.385. The van der Waals surface area contributed by atoms with E-state index in [9.17, 15) is 4.79 Å². The van der Waals surface area contributed by atoms with Gasteiger partial charge in [-0.1, -0.05) is 0 Å². The van der Waals surface area contributed by atoms with Crippen molar-refractivity contribution in [2.75, 3.05) is 38.1 Å². The molecule has 4 rings (SSSR count). The lowest BCUT2D eigenvalue weighted by atomic mass is 10.3. The normalized spacial score (nSPS) is 22.1. The maximum absolute atomic E-state index is 12.1. The van der Waals surface area contributed by atoms with Crippen LogP contribution in [0.3, 0.4) is 0 Å². The summed E-state index contributed by atoms with van der Waals surface area (Å²) in [7, 11) is 3.66. The van der Waals surface area contributed by atoms with Gasteiger partial charge >= 0.3 is 6.03 Å². The molecule has 0 saturated carbocycles. The summed E-state index contributed by atoms with van der Waals surface area (Å²) in [5, 5.41) is 12.9. The van der Waals surface area contributed by atoms with E-state index in [1.54, 1.807) is 20.8 Å². The van der Waals surface area contributed by atoms with Gasteiger partial charge in [-0.25, -0.2) is 4.79 Å². The molecule has 2 saturated heterocycles. The monoisotopic (exact) mass is 330 g/mol. The van der Waals surface area contributed by atoms with E-state index in [2.05, 4.69) is 20.2 Å². The number of aromatic nitrogens is 5. The van der Waals surface area contributed by atoms with Crippen LogP contribution in [-0.4, -0.2) is 73.8 Å². The predicted molar refractivity (Wildman–Crippen MR) is 87.5 cm³/mol. The van der Waals surface area contributed by atoms with Crippen LogP contribution in [0.2, 0.25) is 0 Å². The molecule has 0 aromatic carbocycles. The Labute approximate surface area is 140 Å². The number of carbonyl (C=O) groups is 1. The number of rotatable bonds is 4. The molecule has 2 aliphatic rings. The van der Waals surface area contributed by atoms with Crippen LogP contribution in [0.25, 0.3) is 0 Å². The van der Waals surface area contributed by atoms with Gasteiger partial charge in [-0.3, -0.25) is 14.5 Å². The lowest BCUT2D eigenvalue weighted by Crippen LogP contribution is -2.28. The van der Waals surface area contributed by atoms with Crippen LogP contribution in [0.1, 0.15) is 18.2 Å². The fraction of sp³-hybridized carbons (Fsp3) is 0.600. The van der Waals surface area contributed by atoms with Gasteiger partial charge in [-0.05, 0) is 6.42 Å².